The summed E-state index contributed by atoms with van der Waals surface area (Å²) < 4.78 is 11.0. The molecular formula is C31H25N3O4. The lowest BCUT2D eigenvalue weighted by atomic mass is 10.0. The van der Waals surface area contributed by atoms with Crippen LogP contribution in [0.5, 0.6) is 11.5 Å². The molecule has 188 valence electrons. The van der Waals surface area contributed by atoms with Gasteiger partial charge in [-0.25, -0.2) is 10.2 Å². The lowest BCUT2D eigenvalue weighted by molar-refractivity contribution is 0.0734. The number of nitrogens with one attached hydrogen (secondary N) is 2. The van der Waals surface area contributed by atoms with Crippen molar-refractivity contribution in [2.75, 3.05) is 7.11 Å². The Morgan fingerprint density at radius 1 is 0.895 bits per heavy atom. The van der Waals surface area contributed by atoms with E-state index in [1.165, 1.54) is 6.21 Å². The number of hydrazone groups is 1. The summed E-state index contributed by atoms with van der Waals surface area (Å²) in [6, 6.07) is 29.4. The van der Waals surface area contributed by atoms with Crippen molar-refractivity contribution in [2.45, 2.75) is 6.92 Å². The molecule has 0 radical (unpaired) electrons. The number of hydrogen-bond donors (Lipinski definition) is 2. The number of methoxy groups -OCH3 is 1. The summed E-state index contributed by atoms with van der Waals surface area (Å²) in [5, 5.41) is 5.01. The maximum Gasteiger partial charge on any atom is 0.343 e. The van der Waals surface area contributed by atoms with Crippen molar-refractivity contribution in [3.8, 4) is 22.6 Å². The van der Waals surface area contributed by atoms with Crippen LogP contribution in [0.2, 0.25) is 0 Å². The summed E-state index contributed by atoms with van der Waals surface area (Å²) in [4.78, 5) is 29.1. The minimum absolute atomic E-state index is 0.333. The van der Waals surface area contributed by atoms with Crippen molar-refractivity contribution < 1.29 is 19.1 Å². The summed E-state index contributed by atoms with van der Waals surface area (Å²) in [7, 11) is 1.61. The van der Waals surface area contributed by atoms with Gasteiger partial charge in [0.05, 0.1) is 18.9 Å². The van der Waals surface area contributed by atoms with Gasteiger partial charge in [-0.2, -0.15) is 5.10 Å². The smallest absolute Gasteiger partial charge is 0.343 e. The number of rotatable bonds is 7. The van der Waals surface area contributed by atoms with Crippen LogP contribution in [-0.2, 0) is 0 Å². The van der Waals surface area contributed by atoms with E-state index in [-0.39, 0.29) is 0 Å². The van der Waals surface area contributed by atoms with Crippen molar-refractivity contribution in [1.29, 1.82) is 0 Å². The molecule has 1 aromatic heterocycles. The van der Waals surface area contributed by atoms with Crippen LogP contribution in [0.3, 0.4) is 0 Å². The molecule has 5 rings (SSSR count). The first kappa shape index (κ1) is 24.5. The Hall–Kier alpha value is -5.17. The molecule has 7 nitrogen and oxygen atoms in total. The van der Waals surface area contributed by atoms with E-state index in [1.54, 1.807) is 49.6 Å². The van der Waals surface area contributed by atoms with Crippen LogP contribution >= 0.6 is 0 Å². The Labute approximate surface area is 219 Å². The maximum absolute atomic E-state index is 13.3. The highest BCUT2D eigenvalue weighted by Crippen LogP contribution is 2.34. The molecule has 5 aromatic rings. The molecule has 0 fully saturated rings. The molecule has 0 aliphatic carbocycles. The van der Waals surface area contributed by atoms with Gasteiger partial charge in [0, 0.05) is 22.0 Å². The fraction of sp³-hybridized carbons (Fsp3) is 0.0645. The second-order valence-electron chi connectivity index (χ2n) is 8.65. The van der Waals surface area contributed by atoms with Crippen LogP contribution in [0, 0.1) is 6.92 Å². The largest absolute Gasteiger partial charge is 0.497 e. The van der Waals surface area contributed by atoms with Crippen LogP contribution in [0.15, 0.2) is 102 Å². The van der Waals surface area contributed by atoms with Gasteiger partial charge < -0.3 is 14.5 Å². The molecule has 0 saturated heterocycles. The van der Waals surface area contributed by atoms with E-state index < -0.39 is 11.9 Å². The predicted molar refractivity (Wildman–Crippen MR) is 148 cm³/mol. The SMILES string of the molecule is COc1ccc2[nH]c(C(=O)NN=Cc3ccccc3OC(=O)c3cccc(C)c3)c(-c3ccccc3)c2c1. The minimum Gasteiger partial charge on any atom is -0.497 e. The molecule has 0 atom stereocenters. The number of carbonyl (C=O) groups is 2. The third-order valence-electron chi connectivity index (χ3n) is 6.04. The molecule has 0 aliphatic heterocycles. The van der Waals surface area contributed by atoms with Crippen molar-refractivity contribution >= 4 is 29.0 Å². The number of H-pyrrole nitrogens is 1. The fourth-order valence-electron chi connectivity index (χ4n) is 4.20. The average Bonchev–Trinajstić information content (AvgIpc) is 3.33. The highest BCUT2D eigenvalue weighted by molar-refractivity contribution is 6.10. The van der Waals surface area contributed by atoms with Gasteiger partial charge in [-0.15, -0.1) is 0 Å². The lowest BCUT2D eigenvalue weighted by Crippen LogP contribution is -2.19. The first-order chi connectivity index (χ1) is 18.5. The summed E-state index contributed by atoms with van der Waals surface area (Å²) >= 11 is 0. The van der Waals surface area contributed by atoms with Crippen LogP contribution < -0.4 is 14.9 Å². The normalized spacial score (nSPS) is 11.0. The summed E-state index contributed by atoms with van der Waals surface area (Å²) in [6.07, 6.45) is 1.45. The van der Waals surface area contributed by atoms with Gasteiger partial charge in [0.15, 0.2) is 0 Å². The van der Waals surface area contributed by atoms with E-state index in [1.807, 2.05) is 61.5 Å². The molecule has 1 heterocycles. The number of carbonyl (C=O) groups excluding carboxylic acids is 2. The molecule has 0 aliphatic rings. The fourth-order valence-corrected chi connectivity index (χ4v) is 4.20. The Kier molecular flexibility index (Phi) is 6.99. The zero-order valence-electron chi connectivity index (χ0n) is 20.9. The molecular weight excluding hydrogens is 478 g/mol. The lowest BCUT2D eigenvalue weighted by Gasteiger charge is -2.08. The molecule has 0 saturated carbocycles. The predicted octanol–water partition coefficient (Wildman–Crippen LogP) is 6.14. The molecule has 0 unspecified atom stereocenters. The number of aromatic amines is 1. The van der Waals surface area contributed by atoms with E-state index in [9.17, 15) is 9.59 Å². The monoisotopic (exact) mass is 503 g/mol. The number of aromatic nitrogens is 1. The van der Waals surface area contributed by atoms with E-state index >= 15 is 0 Å². The van der Waals surface area contributed by atoms with Crippen LogP contribution in [0.25, 0.3) is 22.0 Å². The first-order valence-corrected chi connectivity index (χ1v) is 12.0. The third-order valence-corrected chi connectivity index (χ3v) is 6.04. The number of ether oxygens (including phenoxy) is 2. The highest BCUT2D eigenvalue weighted by atomic mass is 16.5. The molecule has 38 heavy (non-hydrogen) atoms. The van der Waals surface area contributed by atoms with Gasteiger partial charge in [-0.3, -0.25) is 4.79 Å². The molecule has 4 aromatic carbocycles. The zero-order valence-corrected chi connectivity index (χ0v) is 20.9. The number of amides is 1. The maximum atomic E-state index is 13.3. The van der Waals surface area contributed by atoms with Gasteiger partial charge in [0.25, 0.3) is 5.91 Å². The topological polar surface area (TPSA) is 92.8 Å². The van der Waals surface area contributed by atoms with Crippen LogP contribution in [0.4, 0.5) is 0 Å². The average molecular weight is 504 g/mol. The zero-order chi connectivity index (χ0) is 26.5. The standard InChI is InChI=1S/C31H25N3O4/c1-20-9-8-13-22(17-20)31(36)38-27-14-7-6-12-23(27)19-32-34-30(35)29-28(21-10-4-3-5-11-21)25-18-24(37-2)15-16-26(25)33-29/h3-19,33H,1-2H3,(H,34,35). The highest BCUT2D eigenvalue weighted by Gasteiger charge is 2.19. The van der Waals surface area contributed by atoms with Crippen molar-refractivity contribution in [3.05, 3.63) is 119 Å². The molecule has 7 heteroatoms. The number of fused-ring (bicyclic) bond motifs is 1. The quantitative estimate of drug-likeness (QED) is 0.121. The van der Waals surface area contributed by atoms with Crippen molar-refractivity contribution in [1.82, 2.24) is 10.4 Å². The molecule has 0 spiro atoms. The Bertz CT molecular complexity index is 1650. The Morgan fingerprint density at radius 3 is 2.47 bits per heavy atom. The third kappa shape index (κ3) is 5.17. The second-order valence-corrected chi connectivity index (χ2v) is 8.65. The van der Waals surface area contributed by atoms with E-state index in [0.717, 1.165) is 27.6 Å². The van der Waals surface area contributed by atoms with E-state index in [4.69, 9.17) is 9.47 Å². The number of nitrogens with zero attached hydrogens (tertiary/aromatic N) is 1. The number of para-hydroxylation sites is 1. The van der Waals surface area contributed by atoms with Gasteiger partial charge >= 0.3 is 5.97 Å². The van der Waals surface area contributed by atoms with Gasteiger partial charge in [0.1, 0.15) is 17.2 Å². The van der Waals surface area contributed by atoms with E-state index in [2.05, 4.69) is 15.5 Å². The van der Waals surface area contributed by atoms with Crippen molar-refractivity contribution in [2.24, 2.45) is 5.10 Å². The van der Waals surface area contributed by atoms with Gasteiger partial charge in [0.2, 0.25) is 0 Å². The summed E-state index contributed by atoms with van der Waals surface area (Å²) in [6.45, 7) is 1.91. The van der Waals surface area contributed by atoms with Crippen molar-refractivity contribution in [3.63, 3.8) is 0 Å². The molecule has 2 N–H and O–H groups in total. The van der Waals surface area contributed by atoms with Crippen LogP contribution in [-0.4, -0.2) is 30.2 Å². The number of esters is 1. The number of aryl methyl sites for hydroxylation is 1. The summed E-state index contributed by atoms with van der Waals surface area (Å²) in [5.41, 5.74) is 7.35. The van der Waals surface area contributed by atoms with Gasteiger partial charge in [-0.1, -0.05) is 60.2 Å². The molecule has 0 bridgehead atoms. The first-order valence-electron chi connectivity index (χ1n) is 12.0. The Morgan fingerprint density at radius 2 is 1.68 bits per heavy atom. The Balaban J connectivity index is 1.40. The van der Waals surface area contributed by atoms with Gasteiger partial charge in [-0.05, 0) is 55.0 Å². The number of benzene rings is 4. The van der Waals surface area contributed by atoms with Crippen LogP contribution in [0.1, 0.15) is 32.0 Å². The summed E-state index contributed by atoms with van der Waals surface area (Å²) in [5.74, 6) is 0.138. The molecule has 1 amide bonds. The number of hydrogen-bond acceptors (Lipinski definition) is 5. The van der Waals surface area contributed by atoms with E-state index in [0.29, 0.717) is 28.3 Å². The minimum atomic E-state index is -0.473. The second kappa shape index (κ2) is 10.8.